The van der Waals surface area contributed by atoms with Gasteiger partial charge < -0.3 is 0 Å². The molecule has 0 N–H and O–H groups in total. The van der Waals surface area contributed by atoms with Crippen molar-refractivity contribution in [2.75, 3.05) is 6.54 Å². The molecule has 18 heavy (non-hydrogen) atoms. The Morgan fingerprint density at radius 3 is 2.89 bits per heavy atom. The first-order valence-electron chi connectivity index (χ1n) is 6.99. The number of ketones is 1. The van der Waals surface area contributed by atoms with E-state index in [4.69, 9.17) is 0 Å². The third-order valence-electron chi connectivity index (χ3n) is 4.28. The molecule has 3 rings (SSSR count). The summed E-state index contributed by atoms with van der Waals surface area (Å²) in [4.78, 5) is 14.7. The maximum atomic E-state index is 12.3. The number of hydrogen-bond acceptors (Lipinski definition) is 2. The number of fused-ring (bicyclic) bond motifs is 4. The largest absolute Gasteiger partial charge is 0.298 e. The zero-order chi connectivity index (χ0) is 12.7. The summed E-state index contributed by atoms with van der Waals surface area (Å²) in [7, 11) is 0. The molecule has 0 radical (unpaired) electrons. The Labute approximate surface area is 109 Å². The Balaban J connectivity index is 1.90. The van der Waals surface area contributed by atoms with E-state index in [2.05, 4.69) is 43.0 Å². The van der Waals surface area contributed by atoms with E-state index in [1.165, 1.54) is 11.1 Å². The highest BCUT2D eigenvalue weighted by molar-refractivity contribution is 5.86. The van der Waals surface area contributed by atoms with Gasteiger partial charge in [0.1, 0.15) is 0 Å². The van der Waals surface area contributed by atoms with Crippen molar-refractivity contribution in [3.8, 4) is 0 Å². The molecule has 3 atom stereocenters. The molecule has 2 nitrogen and oxygen atoms in total. The summed E-state index contributed by atoms with van der Waals surface area (Å²) in [5.41, 5.74) is 2.83. The van der Waals surface area contributed by atoms with Gasteiger partial charge in [-0.15, -0.1) is 0 Å². The molecule has 1 unspecified atom stereocenters. The van der Waals surface area contributed by atoms with Crippen LogP contribution in [0.4, 0.5) is 0 Å². The van der Waals surface area contributed by atoms with Crippen LogP contribution < -0.4 is 0 Å². The van der Waals surface area contributed by atoms with Crippen molar-refractivity contribution in [3.63, 3.8) is 0 Å². The van der Waals surface area contributed by atoms with E-state index in [0.29, 0.717) is 17.6 Å². The fourth-order valence-electron chi connectivity index (χ4n) is 3.46. The number of piperidine rings is 1. The smallest absolute Gasteiger partial charge is 0.150 e. The lowest BCUT2D eigenvalue weighted by Gasteiger charge is -2.44. The summed E-state index contributed by atoms with van der Waals surface area (Å²) in [6.07, 6.45) is 1.75. The van der Waals surface area contributed by atoms with Crippen LogP contribution in [-0.2, 0) is 11.3 Å². The molecule has 0 amide bonds. The predicted octanol–water partition coefficient (Wildman–Crippen LogP) is 2.97. The Morgan fingerprint density at radius 2 is 2.11 bits per heavy atom. The maximum Gasteiger partial charge on any atom is 0.150 e. The lowest BCUT2D eigenvalue weighted by Crippen LogP contribution is -2.51. The van der Waals surface area contributed by atoms with Gasteiger partial charge in [-0.3, -0.25) is 9.69 Å². The molecule has 1 fully saturated rings. The molecule has 0 aromatic heterocycles. The third kappa shape index (κ3) is 1.99. The van der Waals surface area contributed by atoms with Gasteiger partial charge in [0.25, 0.3) is 0 Å². The van der Waals surface area contributed by atoms with E-state index < -0.39 is 0 Å². The van der Waals surface area contributed by atoms with E-state index >= 15 is 0 Å². The fourth-order valence-corrected chi connectivity index (χ4v) is 3.46. The number of carbonyl (C=O) groups is 1. The van der Waals surface area contributed by atoms with Gasteiger partial charge in [0, 0.05) is 25.4 Å². The molecule has 0 aliphatic carbocycles. The lowest BCUT2D eigenvalue weighted by atomic mass is 9.79. The van der Waals surface area contributed by atoms with Crippen molar-refractivity contribution in [1.29, 1.82) is 0 Å². The van der Waals surface area contributed by atoms with Crippen LogP contribution in [0.15, 0.2) is 24.3 Å². The van der Waals surface area contributed by atoms with Crippen molar-refractivity contribution in [1.82, 2.24) is 4.90 Å². The Bertz CT molecular complexity index is 466. The summed E-state index contributed by atoms with van der Waals surface area (Å²) < 4.78 is 0. The van der Waals surface area contributed by atoms with Crippen LogP contribution in [0.5, 0.6) is 0 Å². The van der Waals surface area contributed by atoms with E-state index in [0.717, 1.165) is 25.9 Å². The summed E-state index contributed by atoms with van der Waals surface area (Å²) in [5.74, 6) is 1.48. The van der Waals surface area contributed by atoms with Gasteiger partial charge >= 0.3 is 0 Å². The number of carbonyl (C=O) groups excluding carboxylic acids is 1. The van der Waals surface area contributed by atoms with Crippen molar-refractivity contribution >= 4 is 5.78 Å². The summed E-state index contributed by atoms with van der Waals surface area (Å²) in [5, 5.41) is 0. The molecule has 2 heteroatoms. The van der Waals surface area contributed by atoms with Crippen molar-refractivity contribution in [2.45, 2.75) is 45.2 Å². The Hall–Kier alpha value is -1.15. The average Bonchev–Trinajstić information content (AvgIpc) is 2.34. The van der Waals surface area contributed by atoms with E-state index in [9.17, 15) is 4.79 Å². The van der Waals surface area contributed by atoms with Crippen molar-refractivity contribution in [2.24, 2.45) is 5.92 Å². The Kier molecular flexibility index (Phi) is 2.98. The molecule has 0 spiro atoms. The number of hydrogen-bond donors (Lipinski definition) is 0. The minimum absolute atomic E-state index is 0.162. The molecule has 1 aromatic carbocycles. The second kappa shape index (κ2) is 4.51. The van der Waals surface area contributed by atoms with E-state index in [1.807, 2.05) is 0 Å². The topological polar surface area (TPSA) is 20.3 Å². The molecule has 2 aliphatic rings. The molecular weight excluding hydrogens is 222 g/mol. The molecule has 96 valence electrons. The highest BCUT2D eigenvalue weighted by Crippen LogP contribution is 2.37. The average molecular weight is 243 g/mol. The highest BCUT2D eigenvalue weighted by atomic mass is 16.1. The van der Waals surface area contributed by atoms with E-state index in [1.54, 1.807) is 0 Å². The SMILES string of the molecule is CC(C)C[C@H]1C(=O)C[C@H]2CN1Cc1ccccc12. The van der Waals surface area contributed by atoms with Crippen LogP contribution in [-0.4, -0.2) is 23.3 Å². The minimum atomic E-state index is 0.162. The number of nitrogens with zero attached hydrogens (tertiary/aromatic N) is 1. The van der Waals surface area contributed by atoms with Crippen LogP contribution in [0, 0.1) is 5.92 Å². The lowest BCUT2D eigenvalue weighted by molar-refractivity contribution is -0.129. The molecule has 1 aromatic rings. The zero-order valence-corrected chi connectivity index (χ0v) is 11.2. The van der Waals surface area contributed by atoms with Crippen LogP contribution in [0.2, 0.25) is 0 Å². The van der Waals surface area contributed by atoms with Gasteiger partial charge in [-0.1, -0.05) is 38.1 Å². The summed E-state index contributed by atoms with van der Waals surface area (Å²) in [6, 6.07) is 8.79. The first-order valence-corrected chi connectivity index (χ1v) is 6.99. The quantitative estimate of drug-likeness (QED) is 0.796. The first-order chi connectivity index (χ1) is 8.65. The van der Waals surface area contributed by atoms with Gasteiger partial charge in [0.2, 0.25) is 0 Å². The van der Waals surface area contributed by atoms with Crippen LogP contribution in [0.25, 0.3) is 0 Å². The second-order valence-corrected chi connectivity index (χ2v) is 6.14. The zero-order valence-electron chi connectivity index (χ0n) is 11.2. The fraction of sp³-hybridized carbons (Fsp3) is 0.562. The van der Waals surface area contributed by atoms with Crippen molar-refractivity contribution in [3.05, 3.63) is 35.4 Å². The molecule has 2 bridgehead atoms. The summed E-state index contributed by atoms with van der Waals surface area (Å²) in [6.45, 7) is 6.43. The van der Waals surface area contributed by atoms with Gasteiger partial charge in [0.15, 0.2) is 5.78 Å². The highest BCUT2D eigenvalue weighted by Gasteiger charge is 2.39. The number of rotatable bonds is 2. The Morgan fingerprint density at radius 1 is 1.33 bits per heavy atom. The predicted molar refractivity (Wildman–Crippen MR) is 72.5 cm³/mol. The minimum Gasteiger partial charge on any atom is -0.298 e. The maximum absolute atomic E-state index is 12.3. The number of Topliss-reactive ketones (excluding diaryl/α,β-unsaturated/α-hetero) is 1. The monoisotopic (exact) mass is 243 g/mol. The van der Waals surface area contributed by atoms with Crippen LogP contribution in [0.3, 0.4) is 0 Å². The standard InChI is InChI=1S/C16H21NO/c1-11(2)7-15-16(18)8-13-10-17(15)9-12-5-3-4-6-14(12)13/h3-6,11,13,15H,7-10H2,1-2H3/t13-,15-/m0/s1. The van der Waals surface area contributed by atoms with Crippen LogP contribution in [0.1, 0.15) is 43.7 Å². The molecule has 0 saturated carbocycles. The molecular formula is C16H21NO. The van der Waals surface area contributed by atoms with Gasteiger partial charge in [-0.05, 0) is 23.5 Å². The molecule has 2 aliphatic heterocycles. The number of benzene rings is 1. The molecule has 2 heterocycles. The third-order valence-corrected chi connectivity index (χ3v) is 4.28. The molecule has 1 saturated heterocycles. The van der Waals surface area contributed by atoms with Crippen LogP contribution >= 0.6 is 0 Å². The van der Waals surface area contributed by atoms with Gasteiger partial charge in [-0.2, -0.15) is 0 Å². The van der Waals surface area contributed by atoms with Gasteiger partial charge in [0.05, 0.1) is 6.04 Å². The summed E-state index contributed by atoms with van der Waals surface area (Å²) >= 11 is 0. The van der Waals surface area contributed by atoms with Crippen molar-refractivity contribution < 1.29 is 4.79 Å². The second-order valence-electron chi connectivity index (χ2n) is 6.14. The normalized spacial score (nSPS) is 30.4. The van der Waals surface area contributed by atoms with E-state index in [-0.39, 0.29) is 6.04 Å². The van der Waals surface area contributed by atoms with Gasteiger partial charge in [-0.25, -0.2) is 0 Å². The first kappa shape index (κ1) is 11.9.